The maximum absolute atomic E-state index is 6.63. The van der Waals surface area contributed by atoms with Crippen LogP contribution in [0.25, 0.3) is 11.8 Å². The average molecular weight is 529 g/mol. The molecule has 1 aliphatic carbocycles. The Morgan fingerprint density at radius 2 is 1.88 bits per heavy atom. The molecular formula is C29H38BrNOS. The minimum Gasteiger partial charge on any atom is -0.332 e. The molecule has 0 N–H and O–H groups in total. The van der Waals surface area contributed by atoms with E-state index in [0.29, 0.717) is 6.61 Å². The largest absolute Gasteiger partial charge is 0.332 e. The Hall–Kier alpha value is -1.49. The van der Waals surface area contributed by atoms with Gasteiger partial charge in [0.05, 0.1) is 12.3 Å². The van der Waals surface area contributed by atoms with Gasteiger partial charge in [0.1, 0.15) is 0 Å². The number of anilines is 1. The smallest absolute Gasteiger partial charge is 0.0874 e. The highest BCUT2D eigenvalue weighted by Crippen LogP contribution is 2.55. The van der Waals surface area contributed by atoms with Crippen molar-refractivity contribution < 1.29 is 4.18 Å². The molecule has 0 spiro atoms. The van der Waals surface area contributed by atoms with E-state index in [1.165, 1.54) is 52.2 Å². The van der Waals surface area contributed by atoms with Crippen molar-refractivity contribution >= 4 is 43.7 Å². The topological polar surface area (TPSA) is 12.5 Å². The van der Waals surface area contributed by atoms with Crippen LogP contribution >= 0.6 is 26.2 Å². The monoisotopic (exact) mass is 527 g/mol. The number of rotatable bonds is 6. The van der Waals surface area contributed by atoms with Gasteiger partial charge in [-0.15, -0.1) is 10.3 Å². The molecule has 0 saturated heterocycles. The van der Waals surface area contributed by atoms with Crippen molar-refractivity contribution in [1.29, 1.82) is 0 Å². The van der Waals surface area contributed by atoms with E-state index in [9.17, 15) is 0 Å². The minimum atomic E-state index is -1.22. The molecule has 0 atom stereocenters. The Morgan fingerprint density at radius 3 is 2.52 bits per heavy atom. The van der Waals surface area contributed by atoms with Crippen LogP contribution in [0.2, 0.25) is 0 Å². The summed E-state index contributed by atoms with van der Waals surface area (Å²) in [6, 6.07) is 13.6. The van der Waals surface area contributed by atoms with Gasteiger partial charge in [-0.3, -0.25) is 0 Å². The van der Waals surface area contributed by atoms with Gasteiger partial charge in [-0.25, -0.2) is 0 Å². The minimum absolute atomic E-state index is 0.126. The first-order chi connectivity index (χ1) is 15.5. The summed E-state index contributed by atoms with van der Waals surface area (Å²) in [6.07, 6.45) is 12.9. The Balaban J connectivity index is 1.76. The van der Waals surface area contributed by atoms with E-state index in [4.69, 9.17) is 4.18 Å². The molecule has 1 heterocycles. The first-order valence-corrected chi connectivity index (χ1v) is 15.2. The second-order valence-corrected chi connectivity index (χ2v) is 15.4. The number of benzene rings is 2. The number of nitrogens with zero attached hydrogens (tertiary/aromatic N) is 1. The predicted molar refractivity (Wildman–Crippen MR) is 151 cm³/mol. The molecule has 2 aromatic rings. The number of fused-ring (bicyclic) bond motifs is 1. The maximum atomic E-state index is 6.63. The Labute approximate surface area is 210 Å². The number of hydrogen-bond acceptors (Lipinski definition) is 2. The standard InChI is InChI=1S/C29H38BrNOS/c1-8-10-27-24-16-15-22(21-13-14-21)18-23(24)17-20(2)31(27)28-12-9-11-26(30)25(28)19-32-33(6,7)29(3,4)5/h9-12,15-18,21H,8,13-14,19H2,1-7H3/b27-10+. The zero-order valence-electron chi connectivity index (χ0n) is 21.2. The molecule has 2 nitrogen and oxygen atoms in total. The molecule has 2 aromatic carbocycles. The number of allylic oxidation sites excluding steroid dienone is 2. The lowest BCUT2D eigenvalue weighted by Crippen LogP contribution is -2.26. The molecule has 0 aromatic heterocycles. The first-order valence-electron chi connectivity index (χ1n) is 12.0. The highest BCUT2D eigenvalue weighted by atomic mass is 79.9. The van der Waals surface area contributed by atoms with Gasteiger partial charge in [-0.05, 0) is 74.0 Å². The fourth-order valence-corrected chi connectivity index (χ4v) is 5.44. The second-order valence-electron chi connectivity index (χ2n) is 10.6. The molecular weight excluding hydrogens is 490 g/mol. The van der Waals surface area contributed by atoms with Crippen LogP contribution in [0.5, 0.6) is 0 Å². The number of hydrogen-bond donors (Lipinski definition) is 0. The normalized spacial score (nSPS) is 18.4. The molecule has 0 unspecified atom stereocenters. The summed E-state index contributed by atoms with van der Waals surface area (Å²) in [4.78, 5) is 2.42. The predicted octanol–water partition coefficient (Wildman–Crippen LogP) is 9.25. The van der Waals surface area contributed by atoms with Gasteiger partial charge >= 0.3 is 0 Å². The molecule has 4 heteroatoms. The van der Waals surface area contributed by atoms with E-state index < -0.39 is 10.3 Å². The van der Waals surface area contributed by atoms with Crippen molar-refractivity contribution in [1.82, 2.24) is 0 Å². The van der Waals surface area contributed by atoms with Crippen molar-refractivity contribution in [3.63, 3.8) is 0 Å². The van der Waals surface area contributed by atoms with Crippen molar-refractivity contribution in [3.8, 4) is 0 Å². The van der Waals surface area contributed by atoms with E-state index in [1.54, 1.807) is 0 Å². The second kappa shape index (κ2) is 9.28. The van der Waals surface area contributed by atoms with Gasteiger partial charge in [0.15, 0.2) is 0 Å². The van der Waals surface area contributed by atoms with E-state index in [0.717, 1.165) is 16.8 Å². The number of halogens is 1. The molecule has 33 heavy (non-hydrogen) atoms. The van der Waals surface area contributed by atoms with Crippen LogP contribution in [0.4, 0.5) is 5.69 Å². The fourth-order valence-electron chi connectivity index (χ4n) is 4.20. The summed E-state index contributed by atoms with van der Waals surface area (Å²) in [6.45, 7) is 11.9. The first kappa shape index (κ1) is 24.6. The Morgan fingerprint density at radius 1 is 1.15 bits per heavy atom. The van der Waals surface area contributed by atoms with Crippen molar-refractivity contribution in [2.75, 3.05) is 17.4 Å². The third-order valence-corrected chi connectivity index (χ3v) is 11.5. The lowest BCUT2D eigenvalue weighted by molar-refractivity contribution is 0.338. The highest BCUT2D eigenvalue weighted by molar-refractivity contribution is 9.10. The van der Waals surface area contributed by atoms with Gasteiger partial charge in [-0.1, -0.05) is 74.0 Å². The Kier molecular flexibility index (Phi) is 6.93. The summed E-state index contributed by atoms with van der Waals surface area (Å²) in [7, 11) is -1.22. The molecule has 0 radical (unpaired) electrons. The lowest BCUT2D eigenvalue weighted by Gasteiger charge is -2.44. The molecule has 0 amide bonds. The van der Waals surface area contributed by atoms with Crippen molar-refractivity contribution in [2.45, 2.75) is 71.2 Å². The third-order valence-electron chi connectivity index (χ3n) is 7.06. The lowest BCUT2D eigenvalue weighted by atomic mass is 9.93. The zero-order valence-corrected chi connectivity index (χ0v) is 23.6. The molecule has 0 bridgehead atoms. The maximum Gasteiger partial charge on any atom is 0.0874 e. The average Bonchev–Trinajstić information content (AvgIpc) is 3.57. The van der Waals surface area contributed by atoms with Crippen LogP contribution < -0.4 is 4.90 Å². The van der Waals surface area contributed by atoms with Crippen LogP contribution in [0.15, 0.2) is 52.6 Å². The molecule has 1 saturated carbocycles. The van der Waals surface area contributed by atoms with E-state index in [1.807, 2.05) is 0 Å². The van der Waals surface area contributed by atoms with Gasteiger partial charge in [0.2, 0.25) is 0 Å². The molecule has 178 valence electrons. The summed E-state index contributed by atoms with van der Waals surface area (Å²) >= 11 is 3.84. The highest BCUT2D eigenvalue weighted by Gasteiger charge is 2.31. The Bertz CT molecular complexity index is 1110. The molecule has 2 aliphatic rings. The van der Waals surface area contributed by atoms with Crippen LogP contribution in [-0.4, -0.2) is 17.3 Å². The van der Waals surface area contributed by atoms with Gasteiger partial charge in [0.25, 0.3) is 0 Å². The van der Waals surface area contributed by atoms with Crippen LogP contribution in [0.3, 0.4) is 0 Å². The van der Waals surface area contributed by atoms with Crippen LogP contribution in [-0.2, 0) is 10.8 Å². The van der Waals surface area contributed by atoms with Crippen molar-refractivity contribution in [2.24, 2.45) is 0 Å². The fraction of sp³-hybridized carbons (Fsp3) is 0.448. The zero-order chi connectivity index (χ0) is 24.0. The van der Waals surface area contributed by atoms with E-state index in [-0.39, 0.29) is 4.75 Å². The van der Waals surface area contributed by atoms with E-state index >= 15 is 0 Å². The molecule has 1 fully saturated rings. The summed E-state index contributed by atoms with van der Waals surface area (Å²) < 4.78 is 7.85. The quantitative estimate of drug-likeness (QED) is 0.371. The van der Waals surface area contributed by atoms with Crippen LogP contribution in [0.1, 0.15) is 82.1 Å². The molecule has 4 rings (SSSR count). The summed E-state index contributed by atoms with van der Waals surface area (Å²) in [5.41, 5.74) is 9.08. The van der Waals surface area contributed by atoms with Gasteiger partial charge < -0.3 is 9.08 Å². The van der Waals surface area contributed by atoms with Gasteiger partial charge in [-0.2, -0.15) is 0 Å². The summed E-state index contributed by atoms with van der Waals surface area (Å²) in [5, 5.41) is 0. The SMILES string of the molecule is CC/C=C1\c2ccc(C3CC3)cc2C=C(C)N1c1cccc(Br)c1COS(C)(C)C(C)(C)C. The molecule has 1 aliphatic heterocycles. The summed E-state index contributed by atoms with van der Waals surface area (Å²) in [5.74, 6) is 0.767. The van der Waals surface area contributed by atoms with Crippen LogP contribution in [0, 0.1) is 0 Å². The van der Waals surface area contributed by atoms with Gasteiger partial charge in [0, 0.05) is 31.7 Å². The van der Waals surface area contributed by atoms with Crippen molar-refractivity contribution in [3.05, 3.63) is 74.9 Å². The van der Waals surface area contributed by atoms with E-state index in [2.05, 4.69) is 117 Å². The third kappa shape index (κ3) is 4.99.